The molecular weight excluding hydrogens is 241 g/mol. The molecule has 0 N–H and O–H groups in total. The zero-order valence-electron chi connectivity index (χ0n) is 6.81. The Morgan fingerprint density at radius 3 is 2.36 bits per heavy atom. The van der Waals surface area contributed by atoms with Gasteiger partial charge in [-0.3, -0.25) is 0 Å². The van der Waals surface area contributed by atoms with Crippen molar-refractivity contribution >= 4 is 21.4 Å². The Morgan fingerprint density at radius 2 is 1.93 bits per heavy atom. The molecular formula is C7H6ClF3O2S. The van der Waals surface area contributed by atoms with Crippen LogP contribution in [0.25, 0.3) is 0 Å². The molecule has 14 heavy (non-hydrogen) atoms. The van der Waals surface area contributed by atoms with Gasteiger partial charge in [-0.05, 0) is 18.9 Å². The highest BCUT2D eigenvalue weighted by Gasteiger charge is 2.47. The second-order valence-corrected chi connectivity index (χ2v) is 5.11. The molecule has 0 heterocycles. The molecule has 0 spiro atoms. The maximum absolute atomic E-state index is 12.0. The van der Waals surface area contributed by atoms with E-state index in [9.17, 15) is 21.6 Å². The van der Waals surface area contributed by atoms with Crippen molar-refractivity contribution in [1.29, 1.82) is 0 Å². The summed E-state index contributed by atoms with van der Waals surface area (Å²) in [5, 5.41) is 0.121. The first kappa shape index (κ1) is 11.6. The van der Waals surface area contributed by atoms with Crippen molar-refractivity contribution < 1.29 is 21.6 Å². The van der Waals surface area contributed by atoms with Gasteiger partial charge in [0.1, 0.15) is 0 Å². The zero-order chi connectivity index (χ0) is 11.0. The molecule has 0 aromatic carbocycles. The van der Waals surface area contributed by atoms with Crippen molar-refractivity contribution in [2.45, 2.75) is 18.3 Å². The molecule has 0 atom stereocenters. The van der Waals surface area contributed by atoms with Gasteiger partial charge in [-0.1, -0.05) is 17.7 Å². The van der Waals surface area contributed by atoms with Crippen molar-refractivity contribution in [3.8, 4) is 0 Å². The molecule has 0 radical (unpaired) electrons. The Hall–Kier alpha value is -0.490. The van der Waals surface area contributed by atoms with Crippen LogP contribution in [0.15, 0.2) is 22.1 Å². The first-order chi connectivity index (χ1) is 6.25. The van der Waals surface area contributed by atoms with E-state index in [1.165, 1.54) is 0 Å². The molecule has 0 aromatic heterocycles. The third kappa shape index (κ3) is 2.12. The van der Waals surface area contributed by atoms with Crippen LogP contribution < -0.4 is 0 Å². The minimum atomic E-state index is -5.26. The van der Waals surface area contributed by atoms with E-state index in [0.29, 0.717) is 6.42 Å². The highest BCUT2D eigenvalue weighted by atomic mass is 35.5. The van der Waals surface area contributed by atoms with Crippen LogP contribution in [-0.2, 0) is 9.84 Å². The Morgan fingerprint density at radius 1 is 1.36 bits per heavy atom. The Balaban J connectivity index is 3.14. The van der Waals surface area contributed by atoms with Crippen LogP contribution in [0.5, 0.6) is 0 Å². The van der Waals surface area contributed by atoms with Crippen LogP contribution in [0.2, 0.25) is 0 Å². The van der Waals surface area contributed by atoms with Crippen LogP contribution in [0, 0.1) is 0 Å². The quantitative estimate of drug-likeness (QED) is 0.713. The normalized spacial score (nSPS) is 18.9. The predicted octanol–water partition coefficient (Wildman–Crippen LogP) is 2.72. The van der Waals surface area contributed by atoms with E-state index in [2.05, 4.69) is 0 Å². The second kappa shape index (κ2) is 3.58. The molecule has 0 aromatic rings. The predicted molar refractivity (Wildman–Crippen MR) is 46.2 cm³/mol. The van der Waals surface area contributed by atoms with Gasteiger partial charge in [-0.25, -0.2) is 8.42 Å². The van der Waals surface area contributed by atoms with Crippen molar-refractivity contribution in [2.75, 3.05) is 0 Å². The summed E-state index contributed by atoms with van der Waals surface area (Å²) >= 11 is 5.46. The number of rotatable bonds is 1. The molecule has 0 bridgehead atoms. The van der Waals surface area contributed by atoms with Crippen molar-refractivity contribution in [3.05, 3.63) is 22.1 Å². The number of alkyl halides is 3. The number of sulfone groups is 1. The number of hydrogen-bond donors (Lipinski definition) is 0. The Labute approximate surface area is 84.0 Å². The van der Waals surface area contributed by atoms with Crippen LogP contribution in [0.3, 0.4) is 0 Å². The summed E-state index contributed by atoms with van der Waals surface area (Å²) in [5.41, 5.74) is -5.26. The van der Waals surface area contributed by atoms with Crippen LogP contribution >= 0.6 is 11.6 Å². The summed E-state index contributed by atoms with van der Waals surface area (Å²) in [6, 6.07) is 0. The van der Waals surface area contributed by atoms with Crippen LogP contribution in [0.1, 0.15) is 12.8 Å². The third-order valence-electron chi connectivity index (χ3n) is 1.64. The fraction of sp³-hybridized carbons (Fsp3) is 0.429. The fourth-order valence-corrected chi connectivity index (χ4v) is 2.15. The van der Waals surface area contributed by atoms with Crippen LogP contribution in [0.4, 0.5) is 13.2 Å². The summed E-state index contributed by atoms with van der Waals surface area (Å²) in [7, 11) is -5.23. The number of hydrogen-bond acceptors (Lipinski definition) is 2. The molecule has 0 fully saturated rings. The lowest BCUT2D eigenvalue weighted by Crippen LogP contribution is -2.24. The molecule has 1 aliphatic carbocycles. The van der Waals surface area contributed by atoms with Gasteiger partial charge in [0.25, 0.3) is 9.84 Å². The molecule has 0 aliphatic heterocycles. The van der Waals surface area contributed by atoms with Gasteiger partial charge in [0.2, 0.25) is 0 Å². The van der Waals surface area contributed by atoms with Gasteiger partial charge in [-0.15, -0.1) is 0 Å². The first-order valence-corrected chi connectivity index (χ1v) is 5.49. The van der Waals surface area contributed by atoms with Crippen LogP contribution in [-0.4, -0.2) is 13.9 Å². The smallest absolute Gasteiger partial charge is 0.214 e. The number of halogens is 4. The van der Waals surface area contributed by atoms with Crippen molar-refractivity contribution in [2.24, 2.45) is 0 Å². The summed E-state index contributed by atoms with van der Waals surface area (Å²) < 4.78 is 57.8. The lowest BCUT2D eigenvalue weighted by atomic mass is 10.2. The largest absolute Gasteiger partial charge is 0.501 e. The fourth-order valence-electron chi connectivity index (χ4n) is 0.959. The van der Waals surface area contributed by atoms with E-state index < -0.39 is 20.3 Å². The highest BCUT2D eigenvalue weighted by Crippen LogP contribution is 2.33. The molecule has 0 amide bonds. The van der Waals surface area contributed by atoms with E-state index in [-0.39, 0.29) is 11.5 Å². The summed E-state index contributed by atoms with van der Waals surface area (Å²) in [6.07, 6.45) is 2.45. The SMILES string of the molecule is O=S(=O)(C1=CCCC(Cl)=C1)C(F)(F)F. The molecule has 2 nitrogen and oxygen atoms in total. The molecule has 0 unspecified atom stereocenters. The average Bonchev–Trinajstić information content (AvgIpc) is 2.02. The standard InChI is InChI=1S/C7H6ClF3O2S/c8-5-2-1-3-6(4-5)14(12,13)7(9,10)11/h3-4H,1-2H2. The second-order valence-electron chi connectivity index (χ2n) is 2.69. The van der Waals surface area contributed by atoms with Gasteiger partial charge in [0, 0.05) is 5.03 Å². The summed E-state index contributed by atoms with van der Waals surface area (Å²) in [4.78, 5) is -0.763. The summed E-state index contributed by atoms with van der Waals surface area (Å²) in [5.74, 6) is 0. The Kier molecular flexibility index (Phi) is 2.96. The monoisotopic (exact) mass is 246 g/mol. The van der Waals surface area contributed by atoms with Gasteiger partial charge >= 0.3 is 5.51 Å². The number of allylic oxidation sites excluding steroid dienone is 3. The molecule has 80 valence electrons. The lowest BCUT2D eigenvalue weighted by molar-refractivity contribution is -0.0425. The average molecular weight is 247 g/mol. The topological polar surface area (TPSA) is 34.1 Å². The zero-order valence-corrected chi connectivity index (χ0v) is 8.38. The lowest BCUT2D eigenvalue weighted by Gasteiger charge is -2.12. The van der Waals surface area contributed by atoms with E-state index >= 15 is 0 Å². The molecule has 0 saturated heterocycles. The van der Waals surface area contributed by atoms with Gasteiger partial charge in [-0.2, -0.15) is 13.2 Å². The molecule has 0 saturated carbocycles. The first-order valence-electron chi connectivity index (χ1n) is 3.63. The van der Waals surface area contributed by atoms with Gasteiger partial charge in [0.05, 0.1) is 4.91 Å². The minimum Gasteiger partial charge on any atom is -0.214 e. The maximum atomic E-state index is 12.0. The van der Waals surface area contributed by atoms with E-state index in [1.54, 1.807) is 0 Å². The molecule has 1 aliphatic rings. The van der Waals surface area contributed by atoms with Crippen molar-refractivity contribution in [3.63, 3.8) is 0 Å². The third-order valence-corrected chi connectivity index (χ3v) is 3.46. The molecule has 7 heteroatoms. The van der Waals surface area contributed by atoms with E-state index in [1.807, 2.05) is 0 Å². The Bertz CT molecular complexity index is 392. The molecule has 1 rings (SSSR count). The van der Waals surface area contributed by atoms with Crippen molar-refractivity contribution in [1.82, 2.24) is 0 Å². The van der Waals surface area contributed by atoms with Gasteiger partial charge in [0.15, 0.2) is 0 Å². The highest BCUT2D eigenvalue weighted by molar-refractivity contribution is 7.96. The van der Waals surface area contributed by atoms with E-state index in [0.717, 1.165) is 12.2 Å². The van der Waals surface area contributed by atoms with E-state index in [4.69, 9.17) is 11.6 Å². The summed E-state index contributed by atoms with van der Waals surface area (Å²) in [6.45, 7) is 0. The minimum absolute atomic E-state index is 0.121. The van der Waals surface area contributed by atoms with Gasteiger partial charge < -0.3 is 0 Å². The maximum Gasteiger partial charge on any atom is 0.501 e.